The standard InChI is InChI=1S/C27H24Cl2N2O/c1-19-24-4-2-3-5-25(24)26(14-15-26)27(21-8-10-22(28)11-9-21)30(16-17-31(19)27)18-20-6-12-23(32-29)13-7-20/h2-13H,1,14-18H2. The van der Waals surface area contributed by atoms with Crippen molar-refractivity contribution in [2.24, 2.45) is 0 Å². The van der Waals surface area contributed by atoms with Gasteiger partial charge in [0.1, 0.15) is 23.3 Å². The second-order valence-electron chi connectivity index (χ2n) is 9.05. The summed E-state index contributed by atoms with van der Waals surface area (Å²) in [6.45, 7) is 7.33. The van der Waals surface area contributed by atoms with Gasteiger partial charge in [-0.1, -0.05) is 66.7 Å². The van der Waals surface area contributed by atoms with E-state index in [1.165, 1.54) is 22.3 Å². The van der Waals surface area contributed by atoms with Crippen molar-refractivity contribution >= 4 is 29.2 Å². The van der Waals surface area contributed by atoms with Gasteiger partial charge >= 0.3 is 0 Å². The lowest BCUT2D eigenvalue weighted by molar-refractivity contribution is -0.00729. The Labute approximate surface area is 199 Å². The van der Waals surface area contributed by atoms with Gasteiger partial charge in [-0.2, -0.15) is 0 Å². The van der Waals surface area contributed by atoms with Crippen molar-refractivity contribution in [1.29, 1.82) is 0 Å². The second kappa shape index (κ2) is 7.28. The Morgan fingerprint density at radius 2 is 1.62 bits per heavy atom. The van der Waals surface area contributed by atoms with Gasteiger partial charge in [0.15, 0.2) is 0 Å². The fourth-order valence-electron chi connectivity index (χ4n) is 6.19. The third-order valence-corrected chi connectivity index (χ3v) is 8.00. The molecule has 1 aliphatic carbocycles. The highest BCUT2D eigenvalue weighted by Crippen LogP contribution is 2.69. The van der Waals surface area contributed by atoms with E-state index in [2.05, 4.69) is 64.9 Å². The molecule has 3 nitrogen and oxygen atoms in total. The smallest absolute Gasteiger partial charge is 0.146 e. The van der Waals surface area contributed by atoms with Crippen molar-refractivity contribution in [2.45, 2.75) is 30.5 Å². The van der Waals surface area contributed by atoms with Crippen LogP contribution in [0.2, 0.25) is 5.02 Å². The van der Waals surface area contributed by atoms with Gasteiger partial charge < -0.3 is 9.19 Å². The first kappa shape index (κ1) is 20.2. The minimum atomic E-state index is -0.287. The molecule has 1 saturated heterocycles. The van der Waals surface area contributed by atoms with Gasteiger partial charge in [0.25, 0.3) is 0 Å². The molecule has 1 spiro atoms. The SMILES string of the molecule is C=C1c2ccccc2C2(CC2)C2(c3ccc(Cl)cc3)N(Cc3ccc(OCl)cc3)CCN12. The van der Waals surface area contributed by atoms with Crippen LogP contribution in [0.5, 0.6) is 5.75 Å². The maximum Gasteiger partial charge on any atom is 0.146 e. The zero-order chi connectivity index (χ0) is 21.9. The number of nitrogens with zero attached hydrogens (tertiary/aromatic N) is 2. The van der Waals surface area contributed by atoms with Crippen LogP contribution in [0, 0.1) is 0 Å². The molecule has 162 valence electrons. The molecule has 1 unspecified atom stereocenters. The summed E-state index contributed by atoms with van der Waals surface area (Å²) in [5.74, 6) is 0.657. The zero-order valence-corrected chi connectivity index (χ0v) is 19.2. The Kier molecular flexibility index (Phi) is 4.59. The molecule has 0 radical (unpaired) electrons. The van der Waals surface area contributed by atoms with E-state index in [-0.39, 0.29) is 11.1 Å². The van der Waals surface area contributed by atoms with E-state index in [4.69, 9.17) is 27.8 Å². The fraction of sp³-hybridized carbons (Fsp3) is 0.259. The van der Waals surface area contributed by atoms with Crippen molar-refractivity contribution in [3.05, 3.63) is 107 Å². The molecule has 2 heterocycles. The molecule has 3 aliphatic rings. The number of fused-ring (bicyclic) bond motifs is 4. The lowest BCUT2D eigenvalue weighted by Crippen LogP contribution is -2.60. The Bertz CT molecular complexity index is 1190. The van der Waals surface area contributed by atoms with Crippen molar-refractivity contribution in [3.8, 4) is 5.75 Å². The highest BCUT2D eigenvalue weighted by molar-refractivity contribution is 6.30. The van der Waals surface area contributed by atoms with Crippen LogP contribution in [0.15, 0.2) is 79.4 Å². The van der Waals surface area contributed by atoms with Gasteiger partial charge in [0, 0.05) is 41.3 Å². The summed E-state index contributed by atoms with van der Waals surface area (Å²) in [5.41, 5.74) is 6.10. The Hall–Kier alpha value is -2.46. The number of rotatable bonds is 4. The highest BCUT2D eigenvalue weighted by Gasteiger charge is 2.70. The van der Waals surface area contributed by atoms with Crippen LogP contribution < -0.4 is 4.29 Å². The van der Waals surface area contributed by atoms with Gasteiger partial charge in [-0.3, -0.25) is 4.90 Å². The van der Waals surface area contributed by atoms with E-state index in [1.54, 1.807) is 0 Å². The summed E-state index contributed by atoms with van der Waals surface area (Å²) < 4.78 is 4.85. The van der Waals surface area contributed by atoms with Gasteiger partial charge in [0.05, 0.1) is 0 Å². The fourth-order valence-corrected chi connectivity index (χ4v) is 6.42. The maximum atomic E-state index is 6.31. The molecule has 3 aromatic carbocycles. The van der Waals surface area contributed by atoms with Crippen LogP contribution in [0.4, 0.5) is 0 Å². The average molecular weight is 463 g/mol. The average Bonchev–Trinajstić information content (AvgIpc) is 3.54. The third-order valence-electron chi connectivity index (χ3n) is 7.57. The molecule has 0 N–H and O–H groups in total. The van der Waals surface area contributed by atoms with Crippen LogP contribution in [0.3, 0.4) is 0 Å². The maximum absolute atomic E-state index is 6.31. The number of halogens is 2. The van der Waals surface area contributed by atoms with E-state index in [0.29, 0.717) is 5.75 Å². The molecule has 0 amide bonds. The first-order chi connectivity index (χ1) is 15.6. The molecule has 6 rings (SSSR count). The largest absolute Gasteiger partial charge is 0.386 e. The monoisotopic (exact) mass is 462 g/mol. The van der Waals surface area contributed by atoms with Gasteiger partial charge in [0.2, 0.25) is 0 Å². The van der Waals surface area contributed by atoms with Crippen molar-refractivity contribution in [2.75, 3.05) is 13.1 Å². The van der Waals surface area contributed by atoms with E-state index in [1.807, 2.05) is 24.3 Å². The van der Waals surface area contributed by atoms with E-state index < -0.39 is 0 Å². The van der Waals surface area contributed by atoms with Crippen LogP contribution >= 0.6 is 23.5 Å². The molecule has 0 bridgehead atoms. The topological polar surface area (TPSA) is 15.7 Å². The molecular weight excluding hydrogens is 439 g/mol. The lowest BCUT2D eigenvalue weighted by Gasteiger charge is -2.55. The zero-order valence-electron chi connectivity index (χ0n) is 17.7. The van der Waals surface area contributed by atoms with Gasteiger partial charge in [-0.25, -0.2) is 0 Å². The van der Waals surface area contributed by atoms with Gasteiger partial charge in [-0.05, 0) is 53.8 Å². The van der Waals surface area contributed by atoms with Crippen molar-refractivity contribution in [1.82, 2.24) is 9.80 Å². The Morgan fingerprint density at radius 1 is 0.906 bits per heavy atom. The minimum absolute atomic E-state index is 0.0360. The molecule has 2 aliphatic heterocycles. The molecular formula is C27H24Cl2N2O. The first-order valence-corrected chi connectivity index (χ1v) is 11.7. The Balaban J connectivity index is 1.54. The van der Waals surface area contributed by atoms with Crippen molar-refractivity contribution in [3.63, 3.8) is 0 Å². The quantitative estimate of drug-likeness (QED) is 0.436. The van der Waals surface area contributed by atoms with Gasteiger partial charge in [-0.15, -0.1) is 0 Å². The molecule has 32 heavy (non-hydrogen) atoms. The van der Waals surface area contributed by atoms with Crippen LogP contribution in [0.25, 0.3) is 5.70 Å². The summed E-state index contributed by atoms with van der Waals surface area (Å²) in [4.78, 5) is 5.20. The van der Waals surface area contributed by atoms with Crippen molar-refractivity contribution < 1.29 is 4.29 Å². The predicted molar refractivity (Wildman–Crippen MR) is 130 cm³/mol. The number of hydrogen-bond acceptors (Lipinski definition) is 3. The number of hydrogen-bond donors (Lipinski definition) is 0. The first-order valence-electron chi connectivity index (χ1n) is 11.1. The molecule has 1 atom stereocenters. The summed E-state index contributed by atoms with van der Waals surface area (Å²) in [5, 5.41) is 0.762. The van der Waals surface area contributed by atoms with Crippen LogP contribution in [-0.2, 0) is 17.6 Å². The Morgan fingerprint density at radius 3 is 2.31 bits per heavy atom. The predicted octanol–water partition coefficient (Wildman–Crippen LogP) is 6.56. The summed E-state index contributed by atoms with van der Waals surface area (Å²) >= 11 is 11.8. The number of benzene rings is 3. The molecule has 1 saturated carbocycles. The summed E-state index contributed by atoms with van der Waals surface area (Å²) in [6.07, 6.45) is 2.32. The molecule has 0 aromatic heterocycles. The van der Waals surface area contributed by atoms with E-state index >= 15 is 0 Å². The normalized spacial score (nSPS) is 23.2. The summed E-state index contributed by atoms with van der Waals surface area (Å²) in [7, 11) is 0. The molecule has 5 heteroatoms. The van der Waals surface area contributed by atoms with E-state index in [0.717, 1.165) is 43.2 Å². The highest BCUT2D eigenvalue weighted by atomic mass is 35.5. The summed E-state index contributed by atoms with van der Waals surface area (Å²) in [6, 6.07) is 25.3. The lowest BCUT2D eigenvalue weighted by atomic mass is 9.71. The molecule has 2 fully saturated rings. The van der Waals surface area contributed by atoms with E-state index in [9.17, 15) is 0 Å². The third kappa shape index (κ3) is 2.65. The molecule has 3 aromatic rings. The second-order valence-corrected chi connectivity index (χ2v) is 9.64. The minimum Gasteiger partial charge on any atom is -0.386 e. The van der Waals surface area contributed by atoms with Crippen LogP contribution in [0.1, 0.15) is 35.1 Å². The van der Waals surface area contributed by atoms with Crippen LogP contribution in [-0.4, -0.2) is 22.9 Å².